The van der Waals surface area contributed by atoms with Crippen LogP contribution in [0.5, 0.6) is 5.75 Å². The van der Waals surface area contributed by atoms with Gasteiger partial charge >= 0.3 is 0 Å². The smallest absolute Gasteiger partial charge is 0.142 e. The van der Waals surface area contributed by atoms with Crippen molar-refractivity contribution in [1.29, 1.82) is 0 Å². The van der Waals surface area contributed by atoms with Gasteiger partial charge in [-0.05, 0) is 31.0 Å². The maximum atomic E-state index is 10.0. The SMILES string of the molecule is Cc1cc(C2OCc3c2cnc(C)c3O)ccc1Cl. The van der Waals surface area contributed by atoms with Crippen LogP contribution in [0.2, 0.25) is 5.02 Å². The Balaban J connectivity index is 2.07. The van der Waals surface area contributed by atoms with Gasteiger partial charge in [0.15, 0.2) is 0 Å². The molecule has 0 aliphatic carbocycles. The van der Waals surface area contributed by atoms with Crippen LogP contribution in [0.25, 0.3) is 0 Å². The fraction of sp³-hybridized carbons (Fsp3) is 0.267. The van der Waals surface area contributed by atoms with Crippen LogP contribution in [0.15, 0.2) is 24.4 Å². The summed E-state index contributed by atoms with van der Waals surface area (Å²) in [5.41, 5.74) is 4.46. The predicted molar refractivity (Wildman–Crippen MR) is 73.5 cm³/mol. The third-order valence-electron chi connectivity index (χ3n) is 3.54. The van der Waals surface area contributed by atoms with Crippen LogP contribution in [0.3, 0.4) is 0 Å². The van der Waals surface area contributed by atoms with Crippen LogP contribution in [0, 0.1) is 13.8 Å². The topological polar surface area (TPSA) is 42.4 Å². The van der Waals surface area contributed by atoms with Crippen LogP contribution in [0.1, 0.15) is 34.1 Å². The highest BCUT2D eigenvalue weighted by molar-refractivity contribution is 6.31. The maximum absolute atomic E-state index is 10.0. The van der Waals surface area contributed by atoms with Crippen molar-refractivity contribution in [3.8, 4) is 5.75 Å². The third kappa shape index (κ3) is 1.99. The van der Waals surface area contributed by atoms with E-state index in [0.29, 0.717) is 12.3 Å². The molecule has 98 valence electrons. The summed E-state index contributed by atoms with van der Waals surface area (Å²) in [6.07, 6.45) is 1.61. The van der Waals surface area contributed by atoms with Crippen molar-refractivity contribution in [3.63, 3.8) is 0 Å². The molecule has 1 N–H and O–H groups in total. The van der Waals surface area contributed by atoms with E-state index in [4.69, 9.17) is 16.3 Å². The van der Waals surface area contributed by atoms with Gasteiger partial charge in [-0.2, -0.15) is 0 Å². The second-order valence-electron chi connectivity index (χ2n) is 4.83. The van der Waals surface area contributed by atoms with Gasteiger partial charge in [-0.15, -0.1) is 0 Å². The Bertz CT molecular complexity index is 655. The van der Waals surface area contributed by atoms with Crippen LogP contribution in [-0.2, 0) is 11.3 Å². The Morgan fingerprint density at radius 2 is 2.16 bits per heavy atom. The molecule has 0 saturated carbocycles. The van der Waals surface area contributed by atoms with Crippen molar-refractivity contribution in [2.75, 3.05) is 0 Å². The molecule has 19 heavy (non-hydrogen) atoms. The predicted octanol–water partition coefficient (Wildman–Crippen LogP) is 3.68. The van der Waals surface area contributed by atoms with Crippen LogP contribution < -0.4 is 0 Å². The summed E-state index contributed by atoms with van der Waals surface area (Å²) < 4.78 is 5.80. The summed E-state index contributed by atoms with van der Waals surface area (Å²) in [4.78, 5) is 4.21. The van der Waals surface area contributed by atoms with Gasteiger partial charge in [0.2, 0.25) is 0 Å². The largest absolute Gasteiger partial charge is 0.506 e. The van der Waals surface area contributed by atoms with E-state index in [0.717, 1.165) is 27.3 Å². The van der Waals surface area contributed by atoms with E-state index in [1.165, 1.54) is 0 Å². The molecule has 0 saturated heterocycles. The second kappa shape index (κ2) is 4.51. The Morgan fingerprint density at radius 3 is 2.89 bits per heavy atom. The molecule has 1 aromatic heterocycles. The normalized spacial score (nSPS) is 17.5. The van der Waals surface area contributed by atoms with Gasteiger partial charge < -0.3 is 9.84 Å². The average molecular weight is 276 g/mol. The molecule has 1 aliphatic rings. The molecule has 1 aromatic carbocycles. The third-order valence-corrected chi connectivity index (χ3v) is 3.96. The summed E-state index contributed by atoms with van der Waals surface area (Å²) in [6, 6.07) is 5.83. The number of aromatic nitrogens is 1. The first-order chi connectivity index (χ1) is 9.08. The molecule has 0 spiro atoms. The van der Waals surface area contributed by atoms with Crippen molar-refractivity contribution in [2.24, 2.45) is 0 Å². The van der Waals surface area contributed by atoms with E-state index in [1.807, 2.05) is 25.1 Å². The number of rotatable bonds is 1. The number of hydrogen-bond acceptors (Lipinski definition) is 3. The number of benzene rings is 1. The number of nitrogens with zero attached hydrogens (tertiary/aromatic N) is 1. The Kier molecular flexibility index (Phi) is 2.96. The molecule has 4 heteroatoms. The minimum absolute atomic E-state index is 0.176. The second-order valence-corrected chi connectivity index (χ2v) is 5.23. The molecule has 1 aliphatic heterocycles. The lowest BCUT2D eigenvalue weighted by atomic mass is 9.99. The number of hydrogen-bond donors (Lipinski definition) is 1. The molecule has 1 unspecified atom stereocenters. The first-order valence-corrected chi connectivity index (χ1v) is 6.50. The van der Waals surface area contributed by atoms with E-state index in [2.05, 4.69) is 4.98 Å². The quantitative estimate of drug-likeness (QED) is 0.863. The highest BCUT2D eigenvalue weighted by Crippen LogP contribution is 2.40. The summed E-state index contributed by atoms with van der Waals surface area (Å²) >= 11 is 6.04. The zero-order chi connectivity index (χ0) is 13.6. The van der Waals surface area contributed by atoms with Gasteiger partial charge in [0.1, 0.15) is 11.9 Å². The van der Waals surface area contributed by atoms with Gasteiger partial charge in [-0.25, -0.2) is 0 Å². The van der Waals surface area contributed by atoms with Crippen molar-refractivity contribution in [1.82, 2.24) is 4.98 Å². The number of fused-ring (bicyclic) bond motifs is 1. The van der Waals surface area contributed by atoms with E-state index >= 15 is 0 Å². The van der Waals surface area contributed by atoms with Gasteiger partial charge in [0.05, 0.1) is 12.3 Å². The summed E-state index contributed by atoms with van der Waals surface area (Å²) in [7, 11) is 0. The highest BCUT2D eigenvalue weighted by Gasteiger charge is 2.28. The molecule has 1 atom stereocenters. The number of aromatic hydroxyl groups is 1. The summed E-state index contributed by atoms with van der Waals surface area (Å²) in [5, 5.41) is 10.8. The number of aryl methyl sites for hydroxylation is 2. The Labute approximate surface area is 116 Å². The van der Waals surface area contributed by atoms with Crippen molar-refractivity contribution in [3.05, 3.63) is 57.4 Å². The molecular formula is C15H14ClNO2. The first-order valence-electron chi connectivity index (χ1n) is 6.13. The highest BCUT2D eigenvalue weighted by atomic mass is 35.5. The lowest BCUT2D eigenvalue weighted by Crippen LogP contribution is -2.00. The number of ether oxygens (including phenoxy) is 1. The number of halogens is 1. The van der Waals surface area contributed by atoms with Crippen LogP contribution in [-0.4, -0.2) is 10.1 Å². The van der Waals surface area contributed by atoms with E-state index < -0.39 is 0 Å². The molecule has 3 rings (SSSR count). The molecule has 2 aromatic rings. The summed E-state index contributed by atoms with van der Waals surface area (Å²) in [6.45, 7) is 4.17. The first kappa shape index (κ1) is 12.5. The molecule has 2 heterocycles. The van der Waals surface area contributed by atoms with E-state index in [9.17, 15) is 5.11 Å². The Hall–Kier alpha value is -1.58. The molecule has 0 amide bonds. The minimum Gasteiger partial charge on any atom is -0.506 e. The standard InChI is InChI=1S/C15H14ClNO2/c1-8-5-10(3-4-13(8)16)15-11-6-17-9(2)14(18)12(11)7-19-15/h3-6,15,18H,7H2,1-2H3. The monoisotopic (exact) mass is 275 g/mol. The number of pyridine rings is 1. The Morgan fingerprint density at radius 1 is 1.37 bits per heavy atom. The van der Waals surface area contributed by atoms with Crippen LogP contribution >= 0.6 is 11.6 Å². The molecular weight excluding hydrogens is 262 g/mol. The van der Waals surface area contributed by atoms with E-state index in [-0.39, 0.29) is 11.9 Å². The maximum Gasteiger partial charge on any atom is 0.142 e. The van der Waals surface area contributed by atoms with Crippen molar-refractivity contribution >= 4 is 11.6 Å². The minimum atomic E-state index is -0.176. The summed E-state index contributed by atoms with van der Waals surface area (Å²) in [5.74, 6) is 0.241. The van der Waals surface area contributed by atoms with Crippen molar-refractivity contribution in [2.45, 2.75) is 26.6 Å². The fourth-order valence-corrected chi connectivity index (χ4v) is 2.52. The molecule has 3 nitrogen and oxygen atoms in total. The molecule has 0 fully saturated rings. The fourth-order valence-electron chi connectivity index (χ4n) is 2.40. The van der Waals surface area contributed by atoms with Gasteiger partial charge in [-0.3, -0.25) is 4.98 Å². The lowest BCUT2D eigenvalue weighted by molar-refractivity contribution is 0.0932. The van der Waals surface area contributed by atoms with Crippen molar-refractivity contribution < 1.29 is 9.84 Å². The van der Waals surface area contributed by atoms with Gasteiger partial charge in [0.25, 0.3) is 0 Å². The van der Waals surface area contributed by atoms with Gasteiger partial charge in [0, 0.05) is 22.3 Å². The zero-order valence-corrected chi connectivity index (χ0v) is 11.5. The van der Waals surface area contributed by atoms with Gasteiger partial charge in [-0.1, -0.05) is 23.7 Å². The lowest BCUT2D eigenvalue weighted by Gasteiger charge is -2.13. The average Bonchev–Trinajstić information content (AvgIpc) is 2.82. The molecule has 0 bridgehead atoms. The van der Waals surface area contributed by atoms with E-state index in [1.54, 1.807) is 13.1 Å². The van der Waals surface area contributed by atoms with Crippen LogP contribution in [0.4, 0.5) is 0 Å². The molecule has 0 radical (unpaired) electrons. The zero-order valence-electron chi connectivity index (χ0n) is 10.8.